The van der Waals surface area contributed by atoms with Crippen molar-refractivity contribution in [2.75, 3.05) is 0 Å². The van der Waals surface area contributed by atoms with E-state index in [4.69, 9.17) is 0 Å². The van der Waals surface area contributed by atoms with E-state index in [-0.39, 0.29) is 5.56 Å². The lowest BCUT2D eigenvalue weighted by molar-refractivity contribution is 1.09. The van der Waals surface area contributed by atoms with Gasteiger partial charge in [-0.1, -0.05) is 0 Å². The Morgan fingerprint density at radius 1 is 1.55 bits per heavy atom. The van der Waals surface area contributed by atoms with Gasteiger partial charge < -0.3 is 4.98 Å². The zero-order chi connectivity index (χ0) is 7.84. The van der Waals surface area contributed by atoms with Crippen molar-refractivity contribution in [2.45, 2.75) is 6.92 Å². The molecular weight excluding hydrogens is 142 g/mol. The summed E-state index contributed by atoms with van der Waals surface area (Å²) in [7, 11) is 0. The predicted molar refractivity (Wildman–Crippen MR) is 41.5 cm³/mol. The fraction of sp³-hybridized carbons (Fsp3) is 0.143. The van der Waals surface area contributed by atoms with Gasteiger partial charge in [0.05, 0.1) is 6.20 Å². The molecule has 56 valence electrons. The molecule has 0 aliphatic carbocycles. The van der Waals surface area contributed by atoms with Crippen molar-refractivity contribution < 1.29 is 0 Å². The fourth-order valence-corrected chi connectivity index (χ4v) is 1.11. The van der Waals surface area contributed by atoms with Crippen LogP contribution in [0.25, 0.3) is 11.0 Å². The summed E-state index contributed by atoms with van der Waals surface area (Å²) < 4.78 is 0. The summed E-state index contributed by atoms with van der Waals surface area (Å²) in [4.78, 5) is 13.5. The number of aromatic nitrogens is 3. The Bertz CT molecular complexity index is 440. The molecule has 2 heterocycles. The first-order valence-corrected chi connectivity index (χ1v) is 3.30. The van der Waals surface area contributed by atoms with Crippen molar-refractivity contribution >= 4 is 11.0 Å². The van der Waals surface area contributed by atoms with Crippen LogP contribution in [-0.4, -0.2) is 15.2 Å². The zero-order valence-corrected chi connectivity index (χ0v) is 6.01. The highest BCUT2D eigenvalue weighted by atomic mass is 16.1. The molecule has 0 aliphatic rings. The van der Waals surface area contributed by atoms with Gasteiger partial charge in [-0.2, -0.15) is 5.10 Å². The van der Waals surface area contributed by atoms with Crippen LogP contribution in [-0.2, 0) is 0 Å². The molecule has 2 aromatic rings. The first-order valence-electron chi connectivity index (χ1n) is 3.30. The third-order valence-corrected chi connectivity index (χ3v) is 1.66. The maximum atomic E-state index is 10.9. The van der Waals surface area contributed by atoms with Crippen molar-refractivity contribution in [1.82, 2.24) is 15.2 Å². The van der Waals surface area contributed by atoms with E-state index in [0.717, 1.165) is 10.9 Å². The van der Waals surface area contributed by atoms with E-state index in [1.807, 2.05) is 6.92 Å². The third-order valence-electron chi connectivity index (χ3n) is 1.66. The molecule has 0 bridgehead atoms. The van der Waals surface area contributed by atoms with Crippen molar-refractivity contribution in [3.8, 4) is 0 Å². The molecule has 2 N–H and O–H groups in total. The zero-order valence-electron chi connectivity index (χ0n) is 6.01. The Hall–Kier alpha value is -1.58. The Labute approximate surface area is 62.3 Å². The lowest BCUT2D eigenvalue weighted by Crippen LogP contribution is -2.03. The fourth-order valence-electron chi connectivity index (χ4n) is 1.11. The first-order chi connectivity index (χ1) is 5.27. The molecule has 0 saturated heterocycles. The van der Waals surface area contributed by atoms with Gasteiger partial charge in [-0.3, -0.25) is 9.89 Å². The van der Waals surface area contributed by atoms with Gasteiger partial charge in [0.25, 0.3) is 0 Å². The van der Waals surface area contributed by atoms with Crippen LogP contribution in [0.4, 0.5) is 0 Å². The van der Waals surface area contributed by atoms with E-state index in [9.17, 15) is 4.79 Å². The quantitative estimate of drug-likeness (QED) is 0.574. The van der Waals surface area contributed by atoms with Gasteiger partial charge in [-0.15, -0.1) is 0 Å². The van der Waals surface area contributed by atoms with Gasteiger partial charge in [-0.25, -0.2) is 0 Å². The minimum absolute atomic E-state index is 0.0979. The Morgan fingerprint density at radius 2 is 2.36 bits per heavy atom. The molecule has 0 unspecified atom stereocenters. The number of aromatic amines is 2. The summed E-state index contributed by atoms with van der Waals surface area (Å²) in [6, 6.07) is 1.55. The van der Waals surface area contributed by atoms with Gasteiger partial charge in [0.2, 0.25) is 5.56 Å². The molecule has 0 radical (unpaired) electrons. The topological polar surface area (TPSA) is 61.5 Å². The number of hydrogen-bond donors (Lipinski definition) is 2. The van der Waals surface area contributed by atoms with E-state index in [2.05, 4.69) is 15.2 Å². The second-order valence-electron chi connectivity index (χ2n) is 2.48. The number of aryl methyl sites for hydroxylation is 1. The largest absolute Gasteiger partial charge is 0.307 e. The molecule has 0 atom stereocenters. The monoisotopic (exact) mass is 149 g/mol. The van der Waals surface area contributed by atoms with Crippen molar-refractivity contribution in [2.24, 2.45) is 0 Å². The van der Waals surface area contributed by atoms with E-state index < -0.39 is 0 Å². The second-order valence-corrected chi connectivity index (χ2v) is 2.48. The Morgan fingerprint density at radius 3 is 3.18 bits per heavy atom. The molecule has 11 heavy (non-hydrogen) atoms. The van der Waals surface area contributed by atoms with Crippen molar-refractivity contribution in [3.63, 3.8) is 0 Å². The number of fused-ring (bicyclic) bond motifs is 1. The molecule has 0 aliphatic heterocycles. The molecule has 0 aromatic carbocycles. The van der Waals surface area contributed by atoms with E-state index >= 15 is 0 Å². The molecule has 4 heteroatoms. The second kappa shape index (κ2) is 1.95. The molecule has 0 saturated carbocycles. The molecule has 0 fully saturated rings. The molecule has 2 aromatic heterocycles. The summed E-state index contributed by atoms with van der Waals surface area (Å²) in [5, 5.41) is 7.47. The molecule has 4 nitrogen and oxygen atoms in total. The number of rotatable bonds is 0. The minimum atomic E-state index is -0.0979. The van der Waals surface area contributed by atoms with Crippen LogP contribution in [0.2, 0.25) is 0 Å². The summed E-state index contributed by atoms with van der Waals surface area (Å²) in [6.07, 6.45) is 1.70. The van der Waals surface area contributed by atoms with Crippen molar-refractivity contribution in [3.05, 3.63) is 28.2 Å². The Balaban J connectivity index is 3.02. The average Bonchev–Trinajstić information content (AvgIpc) is 2.34. The third kappa shape index (κ3) is 0.832. The van der Waals surface area contributed by atoms with Crippen LogP contribution in [0.5, 0.6) is 0 Å². The van der Waals surface area contributed by atoms with Crippen LogP contribution in [0.3, 0.4) is 0 Å². The molecular formula is C7H7N3O. The van der Waals surface area contributed by atoms with Crippen LogP contribution < -0.4 is 5.56 Å². The van der Waals surface area contributed by atoms with E-state index in [1.165, 1.54) is 0 Å². The predicted octanol–water partition coefficient (Wildman–Crippen LogP) is 0.560. The highest BCUT2D eigenvalue weighted by Gasteiger charge is 1.98. The van der Waals surface area contributed by atoms with E-state index in [0.29, 0.717) is 5.65 Å². The van der Waals surface area contributed by atoms with Crippen molar-refractivity contribution in [1.29, 1.82) is 0 Å². The maximum absolute atomic E-state index is 10.9. The standard InChI is InChI=1S/C7H7N3O/c1-4-2-6(11)9-7-5(4)3-8-10-7/h2-3H,1H3,(H2,8,9,10,11). The molecule has 0 spiro atoms. The molecule has 2 rings (SSSR count). The molecule has 0 amide bonds. The summed E-state index contributed by atoms with van der Waals surface area (Å²) in [5.41, 5.74) is 1.53. The van der Waals surface area contributed by atoms with Crippen LogP contribution in [0.1, 0.15) is 5.56 Å². The number of pyridine rings is 1. The van der Waals surface area contributed by atoms with E-state index in [1.54, 1.807) is 12.3 Å². The lowest BCUT2D eigenvalue weighted by Gasteiger charge is -1.91. The van der Waals surface area contributed by atoms with Crippen LogP contribution in [0, 0.1) is 6.92 Å². The van der Waals surface area contributed by atoms with Gasteiger partial charge >= 0.3 is 0 Å². The van der Waals surface area contributed by atoms with Gasteiger partial charge in [0.15, 0.2) is 0 Å². The average molecular weight is 149 g/mol. The van der Waals surface area contributed by atoms with Crippen LogP contribution >= 0.6 is 0 Å². The number of hydrogen-bond acceptors (Lipinski definition) is 2. The summed E-state index contributed by atoms with van der Waals surface area (Å²) >= 11 is 0. The SMILES string of the molecule is Cc1cc(=O)[nH]c2[nH]ncc12. The number of nitrogens with one attached hydrogen (secondary N) is 2. The Kier molecular flexibility index (Phi) is 1.09. The van der Waals surface area contributed by atoms with Gasteiger partial charge in [0.1, 0.15) is 5.65 Å². The highest BCUT2D eigenvalue weighted by molar-refractivity contribution is 5.77. The van der Waals surface area contributed by atoms with Gasteiger partial charge in [0, 0.05) is 11.5 Å². The number of nitrogens with zero attached hydrogens (tertiary/aromatic N) is 1. The first kappa shape index (κ1) is 6.15. The van der Waals surface area contributed by atoms with Gasteiger partial charge in [-0.05, 0) is 12.5 Å². The maximum Gasteiger partial charge on any atom is 0.249 e. The smallest absolute Gasteiger partial charge is 0.249 e. The minimum Gasteiger partial charge on any atom is -0.307 e. The summed E-state index contributed by atoms with van der Waals surface area (Å²) in [6.45, 7) is 1.88. The highest BCUT2D eigenvalue weighted by Crippen LogP contribution is 2.08. The summed E-state index contributed by atoms with van der Waals surface area (Å²) in [5.74, 6) is 0. The van der Waals surface area contributed by atoms with Crippen LogP contribution in [0.15, 0.2) is 17.1 Å². The number of H-pyrrole nitrogens is 2. The normalized spacial score (nSPS) is 10.6. The lowest BCUT2D eigenvalue weighted by atomic mass is 10.2.